The van der Waals surface area contributed by atoms with Gasteiger partial charge < -0.3 is 10.1 Å². The highest BCUT2D eigenvalue weighted by Crippen LogP contribution is 2.19. The summed E-state index contributed by atoms with van der Waals surface area (Å²) in [5.74, 6) is -0.767. The Bertz CT molecular complexity index is 613. The van der Waals surface area contributed by atoms with Crippen LogP contribution in [0.15, 0.2) is 35.4 Å². The molecule has 2 amide bonds. The summed E-state index contributed by atoms with van der Waals surface area (Å²) in [7, 11) is 1.33. The number of benzene rings is 1. The van der Waals surface area contributed by atoms with Gasteiger partial charge in [0.05, 0.1) is 12.8 Å². The summed E-state index contributed by atoms with van der Waals surface area (Å²) in [6.07, 6.45) is 1.29. The van der Waals surface area contributed by atoms with Gasteiger partial charge in [-0.15, -0.1) is 0 Å². The molecule has 23 heavy (non-hydrogen) atoms. The molecule has 122 valence electrons. The molecule has 0 aromatic heterocycles. The summed E-state index contributed by atoms with van der Waals surface area (Å²) in [6.45, 7) is 0.353. The maximum absolute atomic E-state index is 12.1. The van der Waals surface area contributed by atoms with Gasteiger partial charge in [0, 0.05) is 25.8 Å². The molecule has 0 aliphatic carbocycles. The number of rotatable bonds is 6. The van der Waals surface area contributed by atoms with Crippen LogP contribution in [0.4, 0.5) is 5.69 Å². The first-order valence-corrected chi connectivity index (χ1v) is 7.42. The maximum atomic E-state index is 12.1. The molecule has 1 aliphatic heterocycles. The van der Waals surface area contributed by atoms with Crippen LogP contribution in [0.3, 0.4) is 0 Å². The highest BCUT2D eigenvalue weighted by molar-refractivity contribution is 6.40. The van der Waals surface area contributed by atoms with E-state index in [1.54, 1.807) is 24.3 Å². The monoisotopic (exact) mass is 317 g/mol. The highest BCUT2D eigenvalue weighted by Gasteiger charge is 2.25. The van der Waals surface area contributed by atoms with Crippen molar-refractivity contribution < 1.29 is 19.1 Å². The molecular weight excluding hydrogens is 298 g/mol. The number of nitrogens with one attached hydrogen (secondary N) is 1. The number of hydrazone groups is 1. The number of esters is 1. The first-order chi connectivity index (χ1) is 11.1. The molecule has 0 spiro atoms. The topological polar surface area (TPSA) is 88.1 Å². The number of ether oxygens (including phenoxy) is 1. The molecule has 7 nitrogen and oxygen atoms in total. The number of carbonyl (C=O) groups is 3. The summed E-state index contributed by atoms with van der Waals surface area (Å²) >= 11 is 0. The number of hydrogen-bond donors (Lipinski definition) is 1. The summed E-state index contributed by atoms with van der Waals surface area (Å²) in [6, 6.07) is 8.98. The molecule has 1 heterocycles. The first kappa shape index (κ1) is 16.7. The second kappa shape index (κ2) is 8.07. The standard InChI is InChI=1S/C16H19N3O4/c1-23-15(21)8-5-11-17-16(22)13-9-10-14(20)19(18-13)12-6-3-2-4-7-12/h2-4,6-7H,5,8-11H2,1H3,(H,17,22). The molecular formula is C16H19N3O4. The minimum Gasteiger partial charge on any atom is -0.469 e. The number of methoxy groups -OCH3 is 1. The molecule has 0 unspecified atom stereocenters. The molecule has 0 saturated heterocycles. The molecule has 7 heteroatoms. The van der Waals surface area contributed by atoms with E-state index in [0.29, 0.717) is 30.8 Å². The van der Waals surface area contributed by atoms with Crippen molar-refractivity contribution in [3.8, 4) is 0 Å². The molecule has 0 bridgehead atoms. The fourth-order valence-corrected chi connectivity index (χ4v) is 2.13. The van der Waals surface area contributed by atoms with Gasteiger partial charge in [0.1, 0.15) is 5.71 Å². The third kappa shape index (κ3) is 4.64. The third-order valence-electron chi connectivity index (χ3n) is 3.37. The molecule has 2 rings (SSSR count). The normalized spacial score (nSPS) is 14.2. The lowest BCUT2D eigenvalue weighted by molar-refractivity contribution is -0.140. The largest absolute Gasteiger partial charge is 0.469 e. The fourth-order valence-electron chi connectivity index (χ4n) is 2.13. The molecule has 1 aromatic rings. The molecule has 0 fully saturated rings. The van der Waals surface area contributed by atoms with E-state index in [1.807, 2.05) is 6.07 Å². The van der Waals surface area contributed by atoms with E-state index in [2.05, 4.69) is 15.2 Å². The van der Waals surface area contributed by atoms with Crippen molar-refractivity contribution in [3.63, 3.8) is 0 Å². The Morgan fingerprint density at radius 1 is 1.26 bits per heavy atom. The van der Waals surface area contributed by atoms with Gasteiger partial charge >= 0.3 is 5.97 Å². The number of nitrogens with zero attached hydrogens (tertiary/aromatic N) is 2. The van der Waals surface area contributed by atoms with E-state index < -0.39 is 0 Å². The van der Waals surface area contributed by atoms with Crippen molar-refractivity contribution in [1.29, 1.82) is 0 Å². The summed E-state index contributed by atoms with van der Waals surface area (Å²) < 4.78 is 4.53. The summed E-state index contributed by atoms with van der Waals surface area (Å²) in [5, 5.41) is 8.12. The predicted molar refractivity (Wildman–Crippen MR) is 84.9 cm³/mol. The quantitative estimate of drug-likeness (QED) is 0.631. The molecule has 1 aromatic carbocycles. The van der Waals surface area contributed by atoms with Crippen molar-refractivity contribution in [2.75, 3.05) is 18.7 Å². The number of para-hydroxylation sites is 1. The van der Waals surface area contributed by atoms with Crippen LogP contribution >= 0.6 is 0 Å². The number of anilines is 1. The van der Waals surface area contributed by atoms with Crippen molar-refractivity contribution in [3.05, 3.63) is 30.3 Å². The van der Waals surface area contributed by atoms with Crippen molar-refractivity contribution in [2.45, 2.75) is 25.7 Å². The number of amides is 2. The molecule has 1 aliphatic rings. The Hall–Kier alpha value is -2.70. The lowest BCUT2D eigenvalue weighted by Crippen LogP contribution is -2.39. The Morgan fingerprint density at radius 2 is 2.00 bits per heavy atom. The molecule has 0 saturated carbocycles. The van der Waals surface area contributed by atoms with Gasteiger partial charge in [-0.25, -0.2) is 5.01 Å². The highest BCUT2D eigenvalue weighted by atomic mass is 16.5. The third-order valence-corrected chi connectivity index (χ3v) is 3.37. The molecule has 0 radical (unpaired) electrons. The summed E-state index contributed by atoms with van der Waals surface area (Å²) in [4.78, 5) is 35.1. The smallest absolute Gasteiger partial charge is 0.305 e. The lowest BCUT2D eigenvalue weighted by atomic mass is 10.1. The van der Waals surface area contributed by atoms with Crippen LogP contribution in [0, 0.1) is 0 Å². The average molecular weight is 317 g/mol. The van der Waals surface area contributed by atoms with Gasteiger partial charge in [0.2, 0.25) is 5.91 Å². The Morgan fingerprint density at radius 3 is 2.70 bits per heavy atom. The minimum atomic E-state index is -0.316. The number of hydrogen-bond acceptors (Lipinski definition) is 5. The summed E-state index contributed by atoms with van der Waals surface area (Å²) in [5.41, 5.74) is 0.944. The molecule has 0 atom stereocenters. The minimum absolute atomic E-state index is 0.140. The van der Waals surface area contributed by atoms with Crippen LogP contribution < -0.4 is 10.3 Å². The van der Waals surface area contributed by atoms with Gasteiger partial charge in [-0.1, -0.05) is 18.2 Å². The first-order valence-electron chi connectivity index (χ1n) is 7.42. The SMILES string of the molecule is COC(=O)CCCNC(=O)C1=NN(c2ccccc2)C(=O)CC1. The van der Waals surface area contributed by atoms with E-state index in [1.165, 1.54) is 12.1 Å². The van der Waals surface area contributed by atoms with E-state index in [0.717, 1.165) is 0 Å². The van der Waals surface area contributed by atoms with E-state index in [9.17, 15) is 14.4 Å². The van der Waals surface area contributed by atoms with Crippen LogP contribution in [0.25, 0.3) is 0 Å². The van der Waals surface area contributed by atoms with Crippen molar-refractivity contribution >= 4 is 29.2 Å². The zero-order chi connectivity index (χ0) is 16.7. The van der Waals surface area contributed by atoms with Crippen LogP contribution in [-0.2, 0) is 19.1 Å². The second-order valence-electron chi connectivity index (χ2n) is 5.02. The Kier molecular flexibility index (Phi) is 5.85. The van der Waals surface area contributed by atoms with Crippen molar-refractivity contribution in [1.82, 2.24) is 5.32 Å². The number of carbonyl (C=O) groups excluding carboxylic acids is 3. The predicted octanol–water partition coefficient (Wildman–Crippen LogP) is 1.24. The van der Waals surface area contributed by atoms with Crippen LogP contribution in [0.1, 0.15) is 25.7 Å². The van der Waals surface area contributed by atoms with E-state index in [4.69, 9.17) is 0 Å². The van der Waals surface area contributed by atoms with E-state index >= 15 is 0 Å². The van der Waals surface area contributed by atoms with Crippen molar-refractivity contribution in [2.24, 2.45) is 5.10 Å². The Labute approximate surface area is 134 Å². The van der Waals surface area contributed by atoms with Gasteiger partial charge in [-0.2, -0.15) is 5.10 Å². The lowest BCUT2D eigenvalue weighted by Gasteiger charge is -2.23. The van der Waals surface area contributed by atoms with Gasteiger partial charge in [0.25, 0.3) is 5.91 Å². The Balaban J connectivity index is 1.94. The van der Waals surface area contributed by atoms with Gasteiger partial charge in [0.15, 0.2) is 0 Å². The zero-order valence-electron chi connectivity index (χ0n) is 12.9. The van der Waals surface area contributed by atoms with Crippen LogP contribution in [0.5, 0.6) is 0 Å². The fraction of sp³-hybridized carbons (Fsp3) is 0.375. The molecule has 1 N–H and O–H groups in total. The van der Waals surface area contributed by atoms with Crippen LogP contribution in [0.2, 0.25) is 0 Å². The van der Waals surface area contributed by atoms with Gasteiger partial charge in [-0.3, -0.25) is 14.4 Å². The van der Waals surface area contributed by atoms with E-state index in [-0.39, 0.29) is 30.6 Å². The maximum Gasteiger partial charge on any atom is 0.305 e. The van der Waals surface area contributed by atoms with Crippen LogP contribution in [-0.4, -0.2) is 37.1 Å². The van der Waals surface area contributed by atoms with Gasteiger partial charge in [-0.05, 0) is 18.6 Å². The second-order valence-corrected chi connectivity index (χ2v) is 5.02. The zero-order valence-corrected chi connectivity index (χ0v) is 12.9. The average Bonchev–Trinajstić information content (AvgIpc) is 2.59.